The Morgan fingerprint density at radius 2 is 1.77 bits per heavy atom. The van der Waals surface area contributed by atoms with Crippen molar-refractivity contribution in [3.63, 3.8) is 0 Å². The van der Waals surface area contributed by atoms with Crippen LogP contribution in [0, 0.1) is 5.92 Å². The molecule has 2 N–H and O–H groups in total. The zero-order chi connectivity index (χ0) is 30.2. The maximum absolute atomic E-state index is 14.2. The van der Waals surface area contributed by atoms with Crippen molar-refractivity contribution in [2.45, 2.75) is 18.9 Å². The van der Waals surface area contributed by atoms with Gasteiger partial charge in [0.1, 0.15) is 11.7 Å². The van der Waals surface area contributed by atoms with Gasteiger partial charge < -0.3 is 25.2 Å². The molecule has 4 aromatic rings. The predicted molar refractivity (Wildman–Crippen MR) is 170 cm³/mol. The molecule has 0 amide bonds. The molecule has 1 atom stereocenters. The van der Waals surface area contributed by atoms with Crippen LogP contribution in [0.1, 0.15) is 39.6 Å². The number of rotatable bonds is 6. The predicted octanol–water partition coefficient (Wildman–Crippen LogP) is 3.43. The molecule has 7 rings (SSSR count). The van der Waals surface area contributed by atoms with Gasteiger partial charge in [-0.15, -0.1) is 0 Å². The average Bonchev–Trinajstić information content (AvgIpc) is 3.07. The molecule has 44 heavy (non-hydrogen) atoms. The number of para-hydroxylation sites is 1. The zero-order valence-electron chi connectivity index (χ0n) is 24.7. The number of benzene rings is 2. The van der Waals surface area contributed by atoms with E-state index in [2.05, 4.69) is 32.7 Å². The van der Waals surface area contributed by atoms with Gasteiger partial charge in [-0.3, -0.25) is 19.0 Å². The number of aromatic nitrogens is 3. The van der Waals surface area contributed by atoms with E-state index in [-0.39, 0.29) is 29.6 Å². The number of nitrogens with zero attached hydrogens (tertiary/aromatic N) is 5. The van der Waals surface area contributed by atoms with Crippen LogP contribution in [0.3, 0.4) is 0 Å². The van der Waals surface area contributed by atoms with E-state index in [4.69, 9.17) is 9.72 Å². The Balaban J connectivity index is 1.29. The molecule has 5 heterocycles. The minimum atomic E-state index is -0.867. The lowest BCUT2D eigenvalue weighted by Crippen LogP contribution is -2.43. The summed E-state index contributed by atoms with van der Waals surface area (Å²) in [6.07, 6.45) is 2.73. The van der Waals surface area contributed by atoms with Crippen molar-refractivity contribution in [2.75, 3.05) is 68.1 Å². The van der Waals surface area contributed by atoms with Crippen molar-refractivity contribution in [1.82, 2.24) is 19.9 Å². The topological polar surface area (TPSA) is 122 Å². The van der Waals surface area contributed by atoms with Crippen LogP contribution in [0.15, 0.2) is 65.6 Å². The van der Waals surface area contributed by atoms with Gasteiger partial charge >= 0.3 is 0 Å². The van der Waals surface area contributed by atoms with Crippen LogP contribution in [0.5, 0.6) is 0 Å². The Bertz CT molecular complexity index is 1780. The molecule has 0 bridgehead atoms. The Hall–Kier alpha value is -4.61. The van der Waals surface area contributed by atoms with Crippen molar-refractivity contribution >= 4 is 45.6 Å². The second kappa shape index (κ2) is 11.8. The number of ketones is 2. The molecule has 2 aromatic carbocycles. The first-order valence-electron chi connectivity index (χ1n) is 15.2. The van der Waals surface area contributed by atoms with Gasteiger partial charge in [-0.2, -0.15) is 4.98 Å². The van der Waals surface area contributed by atoms with Crippen LogP contribution >= 0.6 is 0 Å². The lowest BCUT2D eigenvalue weighted by Gasteiger charge is -2.33. The highest BCUT2D eigenvalue weighted by atomic mass is 16.5. The van der Waals surface area contributed by atoms with Crippen molar-refractivity contribution in [3.05, 3.63) is 82.3 Å². The summed E-state index contributed by atoms with van der Waals surface area (Å²) in [6, 6.07) is 16.2. The van der Waals surface area contributed by atoms with Gasteiger partial charge in [0.25, 0.3) is 5.56 Å². The molecule has 2 aromatic heterocycles. The van der Waals surface area contributed by atoms with Gasteiger partial charge in [-0.05, 0) is 55.3 Å². The van der Waals surface area contributed by atoms with E-state index in [1.165, 1.54) is 4.57 Å². The van der Waals surface area contributed by atoms with Crippen molar-refractivity contribution in [3.8, 4) is 0 Å². The zero-order valence-corrected chi connectivity index (χ0v) is 24.7. The number of pyridine rings is 1. The minimum Gasteiger partial charge on any atom is -0.381 e. The molecular weight excluding hydrogens is 558 g/mol. The van der Waals surface area contributed by atoms with Crippen LogP contribution in [-0.4, -0.2) is 79.1 Å². The number of anilines is 4. The Kier molecular flexibility index (Phi) is 7.57. The lowest BCUT2D eigenvalue weighted by molar-refractivity contribution is 0.0543. The van der Waals surface area contributed by atoms with Gasteiger partial charge in [0.05, 0.1) is 5.56 Å². The Morgan fingerprint density at radius 1 is 1.02 bits per heavy atom. The molecule has 0 aliphatic carbocycles. The smallest absolute Gasteiger partial charge is 0.263 e. The summed E-state index contributed by atoms with van der Waals surface area (Å²) < 4.78 is 6.86. The van der Waals surface area contributed by atoms with Crippen molar-refractivity contribution in [2.24, 2.45) is 5.92 Å². The summed E-state index contributed by atoms with van der Waals surface area (Å²) in [5.41, 5.74) is 3.14. The number of piperazine rings is 1. The molecule has 2 fully saturated rings. The highest BCUT2D eigenvalue weighted by molar-refractivity contribution is 6.07. The van der Waals surface area contributed by atoms with E-state index in [9.17, 15) is 14.4 Å². The fourth-order valence-corrected chi connectivity index (χ4v) is 6.47. The number of nitrogens with one attached hydrogen (secondary N) is 2. The monoisotopic (exact) mass is 593 g/mol. The summed E-state index contributed by atoms with van der Waals surface area (Å²) in [5, 5.41) is 7.15. The largest absolute Gasteiger partial charge is 0.381 e. The second-order valence-corrected chi connectivity index (χ2v) is 11.6. The number of ether oxygens (including phenoxy) is 1. The first-order chi connectivity index (χ1) is 21.5. The van der Waals surface area contributed by atoms with Crippen molar-refractivity contribution < 1.29 is 14.3 Å². The fourth-order valence-electron chi connectivity index (χ4n) is 6.47. The molecular formula is C33H35N7O4. The van der Waals surface area contributed by atoms with E-state index in [1.54, 1.807) is 18.3 Å². The van der Waals surface area contributed by atoms with Crippen LogP contribution in [0.2, 0.25) is 0 Å². The Morgan fingerprint density at radius 3 is 2.55 bits per heavy atom. The average molecular weight is 594 g/mol. The number of carbonyl (C=O) groups is 2. The van der Waals surface area contributed by atoms with Gasteiger partial charge in [-0.25, -0.2) is 4.98 Å². The molecule has 11 heteroatoms. The maximum Gasteiger partial charge on any atom is 0.263 e. The van der Waals surface area contributed by atoms with Gasteiger partial charge in [-0.1, -0.05) is 12.1 Å². The number of Topliss-reactive ketones (excluding diaryl/α,β-unsaturated/α-hetero) is 2. The van der Waals surface area contributed by atoms with E-state index < -0.39 is 11.6 Å². The third-order valence-corrected chi connectivity index (χ3v) is 8.88. The lowest BCUT2D eigenvalue weighted by atomic mass is 9.90. The van der Waals surface area contributed by atoms with E-state index in [0.29, 0.717) is 48.6 Å². The van der Waals surface area contributed by atoms with Crippen LogP contribution in [0.25, 0.3) is 11.0 Å². The number of hydrogen-bond acceptors (Lipinski definition) is 10. The number of fused-ring (bicyclic) bond motifs is 2. The van der Waals surface area contributed by atoms with Gasteiger partial charge in [0.2, 0.25) is 5.95 Å². The molecule has 226 valence electrons. The van der Waals surface area contributed by atoms with Crippen LogP contribution in [0.4, 0.5) is 23.0 Å². The molecule has 0 spiro atoms. The number of carbonyl (C=O) groups excluding carboxylic acids is 2. The second-order valence-electron chi connectivity index (χ2n) is 11.6. The quantitative estimate of drug-likeness (QED) is 0.322. The molecule has 2 saturated heterocycles. The molecule has 11 nitrogen and oxygen atoms in total. The number of hydrogen-bond donors (Lipinski definition) is 2. The normalized spacial score (nSPS) is 19.2. The number of likely N-dealkylation sites (N-methyl/N-ethyl adjacent to an activating group) is 1. The third kappa shape index (κ3) is 5.22. The van der Waals surface area contributed by atoms with Crippen LogP contribution < -0.4 is 26.0 Å². The van der Waals surface area contributed by atoms with Crippen LogP contribution in [-0.2, 0) is 4.74 Å². The SMILES string of the molecule is CN1CC(n2c(=O)c(C(=O)C3CCOCC3)cc3cnc(Nc4ccc(N5CCNCC5)cc4)nc32)C(=O)c2ccccc21. The first-order valence-corrected chi connectivity index (χ1v) is 15.2. The first kappa shape index (κ1) is 28.2. The summed E-state index contributed by atoms with van der Waals surface area (Å²) in [4.78, 5) is 55.4. The highest BCUT2D eigenvalue weighted by Crippen LogP contribution is 2.32. The van der Waals surface area contributed by atoms with E-state index in [0.717, 1.165) is 43.2 Å². The Labute approximate surface area is 254 Å². The summed E-state index contributed by atoms with van der Waals surface area (Å²) in [5.74, 6) is -0.424. The molecule has 0 radical (unpaired) electrons. The summed E-state index contributed by atoms with van der Waals surface area (Å²) in [6.45, 7) is 5.05. The summed E-state index contributed by atoms with van der Waals surface area (Å²) >= 11 is 0. The van der Waals surface area contributed by atoms with Gasteiger partial charge in [0, 0.05) is 93.1 Å². The third-order valence-electron chi connectivity index (χ3n) is 8.88. The minimum absolute atomic E-state index is 0.0616. The molecule has 0 saturated carbocycles. The van der Waals surface area contributed by atoms with Gasteiger partial charge in [0.15, 0.2) is 11.6 Å². The maximum atomic E-state index is 14.2. The summed E-state index contributed by atoms with van der Waals surface area (Å²) in [7, 11) is 1.90. The highest BCUT2D eigenvalue weighted by Gasteiger charge is 2.35. The molecule has 1 unspecified atom stereocenters. The standard InChI is InChI=1S/C33H35N7O4/c1-38-20-28(30(42)25-4-2-3-5-27(25)38)40-31-22(18-26(32(40)43)29(41)21-10-16-44-17-11-21)19-35-33(37-31)36-23-6-8-24(9-7-23)39-14-12-34-13-15-39/h2-9,18-19,21,28,34H,10-17,20H2,1H3,(H,35,36,37). The van der Waals surface area contributed by atoms with E-state index in [1.807, 2.05) is 42.3 Å². The molecule has 3 aliphatic rings. The fraction of sp³-hybridized carbons (Fsp3) is 0.364. The van der Waals surface area contributed by atoms with E-state index >= 15 is 0 Å². The van der Waals surface area contributed by atoms with Crippen molar-refractivity contribution in [1.29, 1.82) is 0 Å². The molecule has 3 aliphatic heterocycles.